The van der Waals surface area contributed by atoms with Crippen LogP contribution in [0.15, 0.2) is 24.3 Å². The van der Waals surface area contributed by atoms with Crippen LogP contribution in [0.4, 0.5) is 0 Å². The molecule has 1 nitrogen and oxygen atoms in total. The summed E-state index contributed by atoms with van der Waals surface area (Å²) < 4.78 is 4.97. The summed E-state index contributed by atoms with van der Waals surface area (Å²) in [4.78, 5) is 0. The molecule has 0 saturated heterocycles. The van der Waals surface area contributed by atoms with Crippen molar-refractivity contribution in [3.8, 4) is 0 Å². The Morgan fingerprint density at radius 2 is 2.14 bits per heavy atom. The van der Waals surface area contributed by atoms with E-state index in [2.05, 4.69) is 30.4 Å². The minimum absolute atomic E-state index is 0.692. The minimum atomic E-state index is 0.692. The highest BCUT2D eigenvalue weighted by Crippen LogP contribution is 2.23. The molecule has 0 heterocycles. The average Bonchev–Trinajstić information content (AvgIpc) is 2.65. The zero-order chi connectivity index (χ0) is 9.80. The Morgan fingerprint density at radius 1 is 1.29 bits per heavy atom. The molecule has 2 rings (SSSR count). The van der Waals surface area contributed by atoms with Crippen LogP contribution in [0.25, 0.3) is 6.08 Å². The number of methoxy groups -OCH3 is 1. The number of benzene rings is 1. The molecule has 0 unspecified atom stereocenters. The molecule has 1 aliphatic rings. The van der Waals surface area contributed by atoms with Crippen molar-refractivity contribution >= 4 is 6.08 Å². The van der Waals surface area contributed by atoms with Crippen molar-refractivity contribution < 1.29 is 4.74 Å². The Labute approximate surface area is 85.4 Å². The molecule has 1 aromatic rings. The van der Waals surface area contributed by atoms with Gasteiger partial charge < -0.3 is 4.74 Å². The summed E-state index contributed by atoms with van der Waals surface area (Å²) in [6, 6.07) is 6.75. The third-order valence-electron chi connectivity index (χ3n) is 2.70. The molecule has 1 aliphatic carbocycles. The van der Waals surface area contributed by atoms with Crippen LogP contribution < -0.4 is 0 Å². The second kappa shape index (κ2) is 4.43. The molecule has 0 atom stereocenters. The lowest BCUT2D eigenvalue weighted by atomic mass is 10.1. The summed E-state index contributed by atoms with van der Waals surface area (Å²) in [7, 11) is 1.72. The first-order valence-electron chi connectivity index (χ1n) is 5.17. The second-order valence-corrected chi connectivity index (χ2v) is 3.74. The summed E-state index contributed by atoms with van der Waals surface area (Å²) in [5.74, 6) is 0. The summed E-state index contributed by atoms with van der Waals surface area (Å²) in [5, 5.41) is 0. The smallest absolute Gasteiger partial charge is 0.0646 e. The Bertz CT molecular complexity index is 339. The van der Waals surface area contributed by atoms with Crippen LogP contribution in [0.3, 0.4) is 0 Å². The van der Waals surface area contributed by atoms with Gasteiger partial charge in [-0.1, -0.05) is 30.4 Å². The first kappa shape index (κ1) is 9.47. The maximum Gasteiger partial charge on any atom is 0.0646 e. The van der Waals surface area contributed by atoms with Crippen LogP contribution in [0.2, 0.25) is 0 Å². The van der Waals surface area contributed by atoms with E-state index in [1.54, 1.807) is 7.11 Å². The summed E-state index contributed by atoms with van der Waals surface area (Å²) >= 11 is 0. The molecule has 1 heteroatoms. The Kier molecular flexibility index (Phi) is 3.00. The number of ether oxygens (including phenoxy) is 1. The van der Waals surface area contributed by atoms with Crippen LogP contribution in [0.1, 0.15) is 23.1 Å². The molecule has 1 aromatic carbocycles. The molecule has 0 aliphatic heterocycles. The van der Waals surface area contributed by atoms with Gasteiger partial charge in [0.15, 0.2) is 0 Å². The molecular weight excluding hydrogens is 172 g/mol. The van der Waals surface area contributed by atoms with Crippen molar-refractivity contribution in [3.63, 3.8) is 0 Å². The summed E-state index contributed by atoms with van der Waals surface area (Å²) in [5.41, 5.74) is 4.36. The fourth-order valence-electron chi connectivity index (χ4n) is 1.98. The van der Waals surface area contributed by atoms with Gasteiger partial charge in [-0.15, -0.1) is 0 Å². The highest BCUT2D eigenvalue weighted by molar-refractivity contribution is 5.52. The third kappa shape index (κ3) is 2.05. The monoisotopic (exact) mass is 188 g/mol. The molecule has 0 saturated carbocycles. The van der Waals surface area contributed by atoms with Gasteiger partial charge in [-0.2, -0.15) is 0 Å². The van der Waals surface area contributed by atoms with Gasteiger partial charge in [-0.3, -0.25) is 0 Å². The van der Waals surface area contributed by atoms with Crippen molar-refractivity contribution in [1.82, 2.24) is 0 Å². The number of aryl methyl sites for hydroxylation is 2. The maximum atomic E-state index is 4.97. The molecule has 0 spiro atoms. The molecule has 0 aromatic heterocycles. The minimum Gasteiger partial charge on any atom is -0.381 e. The number of rotatable bonds is 3. The van der Waals surface area contributed by atoms with E-state index in [9.17, 15) is 0 Å². The zero-order valence-electron chi connectivity index (χ0n) is 8.62. The SMILES string of the molecule is COC/C=C/c1ccc2c(c1)CCC2. The normalized spacial score (nSPS) is 14.9. The van der Waals surface area contributed by atoms with E-state index in [-0.39, 0.29) is 0 Å². The maximum absolute atomic E-state index is 4.97. The standard InChI is InChI=1S/C13H16O/c1-14-9-3-4-11-7-8-12-5-2-6-13(12)10-11/h3-4,7-8,10H,2,5-6,9H2,1H3/b4-3+. The van der Waals surface area contributed by atoms with E-state index in [1.807, 2.05) is 0 Å². The lowest BCUT2D eigenvalue weighted by Crippen LogP contribution is -1.84. The lowest BCUT2D eigenvalue weighted by molar-refractivity contribution is 0.234. The van der Waals surface area contributed by atoms with Crippen LogP contribution >= 0.6 is 0 Å². The molecule has 0 amide bonds. The van der Waals surface area contributed by atoms with Gasteiger partial charge in [-0.25, -0.2) is 0 Å². The Morgan fingerprint density at radius 3 is 3.00 bits per heavy atom. The van der Waals surface area contributed by atoms with E-state index in [1.165, 1.54) is 36.0 Å². The van der Waals surface area contributed by atoms with E-state index in [0.717, 1.165) is 0 Å². The van der Waals surface area contributed by atoms with Gasteiger partial charge in [0.1, 0.15) is 0 Å². The van der Waals surface area contributed by atoms with E-state index in [0.29, 0.717) is 6.61 Å². The van der Waals surface area contributed by atoms with Crippen molar-refractivity contribution in [2.75, 3.05) is 13.7 Å². The fourth-order valence-corrected chi connectivity index (χ4v) is 1.98. The van der Waals surface area contributed by atoms with Gasteiger partial charge in [0.25, 0.3) is 0 Å². The largest absolute Gasteiger partial charge is 0.381 e. The van der Waals surface area contributed by atoms with E-state index < -0.39 is 0 Å². The summed E-state index contributed by atoms with van der Waals surface area (Å²) in [6.07, 6.45) is 8.01. The van der Waals surface area contributed by atoms with Gasteiger partial charge >= 0.3 is 0 Å². The van der Waals surface area contributed by atoms with Crippen LogP contribution in [0.5, 0.6) is 0 Å². The topological polar surface area (TPSA) is 9.23 Å². The fraction of sp³-hybridized carbons (Fsp3) is 0.385. The molecule has 0 radical (unpaired) electrons. The van der Waals surface area contributed by atoms with Gasteiger partial charge in [0.2, 0.25) is 0 Å². The Hall–Kier alpha value is -1.08. The Balaban J connectivity index is 2.12. The van der Waals surface area contributed by atoms with Crippen molar-refractivity contribution in [2.45, 2.75) is 19.3 Å². The van der Waals surface area contributed by atoms with Crippen LogP contribution in [-0.2, 0) is 17.6 Å². The van der Waals surface area contributed by atoms with Crippen LogP contribution in [-0.4, -0.2) is 13.7 Å². The molecular formula is C13H16O. The predicted octanol–water partition coefficient (Wildman–Crippen LogP) is 2.83. The van der Waals surface area contributed by atoms with Crippen molar-refractivity contribution in [1.29, 1.82) is 0 Å². The van der Waals surface area contributed by atoms with E-state index >= 15 is 0 Å². The van der Waals surface area contributed by atoms with E-state index in [4.69, 9.17) is 4.74 Å². The second-order valence-electron chi connectivity index (χ2n) is 3.74. The highest BCUT2D eigenvalue weighted by atomic mass is 16.5. The molecule has 0 bridgehead atoms. The first-order valence-corrected chi connectivity index (χ1v) is 5.17. The number of hydrogen-bond acceptors (Lipinski definition) is 1. The lowest BCUT2D eigenvalue weighted by Gasteiger charge is -2.00. The third-order valence-corrected chi connectivity index (χ3v) is 2.70. The number of hydrogen-bond donors (Lipinski definition) is 0. The highest BCUT2D eigenvalue weighted by Gasteiger charge is 2.09. The van der Waals surface area contributed by atoms with Gasteiger partial charge in [0.05, 0.1) is 6.61 Å². The molecule has 74 valence electrons. The van der Waals surface area contributed by atoms with Crippen LogP contribution in [0, 0.1) is 0 Å². The van der Waals surface area contributed by atoms with Gasteiger partial charge in [0, 0.05) is 7.11 Å². The van der Waals surface area contributed by atoms with Crippen molar-refractivity contribution in [3.05, 3.63) is 41.0 Å². The molecule has 14 heavy (non-hydrogen) atoms. The molecule has 0 fully saturated rings. The zero-order valence-corrected chi connectivity index (χ0v) is 8.62. The quantitative estimate of drug-likeness (QED) is 0.708. The van der Waals surface area contributed by atoms with Gasteiger partial charge in [-0.05, 0) is 36.0 Å². The number of fused-ring (bicyclic) bond motifs is 1. The van der Waals surface area contributed by atoms with Crippen molar-refractivity contribution in [2.24, 2.45) is 0 Å². The first-order chi connectivity index (χ1) is 6.90. The molecule has 0 N–H and O–H groups in total. The predicted molar refractivity (Wildman–Crippen MR) is 59.4 cm³/mol. The average molecular weight is 188 g/mol. The summed E-state index contributed by atoms with van der Waals surface area (Å²) in [6.45, 7) is 0.692.